The maximum atomic E-state index is 13.4. The Hall–Kier alpha value is -2.34. The van der Waals surface area contributed by atoms with Gasteiger partial charge in [-0.3, -0.25) is 4.79 Å². The Labute approximate surface area is 142 Å². The van der Waals surface area contributed by atoms with Gasteiger partial charge in [0, 0.05) is 11.8 Å². The normalized spacial score (nSPS) is 12.3. The van der Waals surface area contributed by atoms with E-state index < -0.39 is 17.5 Å². The Morgan fingerprint density at radius 2 is 1.83 bits per heavy atom. The lowest BCUT2D eigenvalue weighted by Crippen LogP contribution is -2.14. The van der Waals surface area contributed by atoms with Gasteiger partial charge in [0.1, 0.15) is 0 Å². The molecule has 0 atom stereocenters. The second-order valence-corrected chi connectivity index (χ2v) is 5.72. The van der Waals surface area contributed by atoms with Crippen molar-refractivity contribution >= 4 is 23.2 Å². The van der Waals surface area contributed by atoms with Crippen LogP contribution in [0.2, 0.25) is 5.02 Å². The minimum absolute atomic E-state index is 0.118. The molecule has 0 saturated heterocycles. The number of anilines is 1. The summed E-state index contributed by atoms with van der Waals surface area (Å²) in [7, 11) is 0. The molecule has 1 heterocycles. The molecule has 1 aliphatic heterocycles. The van der Waals surface area contributed by atoms with Gasteiger partial charge in [0.25, 0.3) is 5.91 Å². The van der Waals surface area contributed by atoms with Crippen LogP contribution in [-0.4, -0.2) is 12.7 Å². The highest BCUT2D eigenvalue weighted by molar-refractivity contribution is 6.34. The third-order valence-electron chi connectivity index (χ3n) is 3.62. The molecule has 0 radical (unpaired) electrons. The molecular formula is C17H14ClF2NO3. The summed E-state index contributed by atoms with van der Waals surface area (Å²) < 4.78 is 37.2. The maximum Gasteiger partial charge on any atom is 0.257 e. The number of fused-ring (bicyclic) bond motifs is 1. The largest absolute Gasteiger partial charge is 0.454 e. The van der Waals surface area contributed by atoms with Crippen LogP contribution in [0.15, 0.2) is 24.3 Å². The first-order valence-corrected chi connectivity index (χ1v) is 7.75. The highest BCUT2D eigenvalue weighted by atomic mass is 35.5. The van der Waals surface area contributed by atoms with Crippen molar-refractivity contribution in [2.24, 2.45) is 0 Å². The summed E-state index contributed by atoms with van der Waals surface area (Å²) in [6, 6.07) is 5.01. The summed E-state index contributed by atoms with van der Waals surface area (Å²) in [6.45, 7) is 2.12. The van der Waals surface area contributed by atoms with Crippen LogP contribution in [0.3, 0.4) is 0 Å². The molecule has 2 aromatic rings. The molecule has 0 saturated carbocycles. The number of aryl methyl sites for hydroxylation is 1. The molecule has 126 valence electrons. The van der Waals surface area contributed by atoms with Crippen molar-refractivity contribution in [3.63, 3.8) is 0 Å². The molecule has 2 aromatic carbocycles. The second kappa shape index (κ2) is 6.65. The zero-order chi connectivity index (χ0) is 17.3. The summed E-state index contributed by atoms with van der Waals surface area (Å²) >= 11 is 5.85. The number of rotatable bonds is 4. The van der Waals surface area contributed by atoms with Gasteiger partial charge in [-0.2, -0.15) is 0 Å². The highest BCUT2D eigenvalue weighted by Crippen LogP contribution is 2.37. The van der Waals surface area contributed by atoms with Gasteiger partial charge in [-0.05, 0) is 30.2 Å². The molecule has 24 heavy (non-hydrogen) atoms. The quantitative estimate of drug-likeness (QED) is 0.820. The lowest BCUT2D eigenvalue weighted by molar-refractivity contribution is 0.102. The Morgan fingerprint density at radius 1 is 1.17 bits per heavy atom. The number of benzene rings is 2. The lowest BCUT2D eigenvalue weighted by Gasteiger charge is -2.13. The molecule has 3 rings (SSSR count). The number of amides is 1. The van der Waals surface area contributed by atoms with Crippen molar-refractivity contribution in [1.29, 1.82) is 0 Å². The predicted molar refractivity (Wildman–Crippen MR) is 85.9 cm³/mol. The molecule has 7 heteroatoms. The number of halogens is 3. The van der Waals surface area contributed by atoms with E-state index in [4.69, 9.17) is 21.1 Å². The summed E-state index contributed by atoms with van der Waals surface area (Å²) in [6.07, 6.45) is 1.56. The smallest absolute Gasteiger partial charge is 0.257 e. The van der Waals surface area contributed by atoms with Crippen LogP contribution < -0.4 is 14.8 Å². The van der Waals surface area contributed by atoms with E-state index in [2.05, 4.69) is 5.32 Å². The fraction of sp³-hybridized carbons (Fsp3) is 0.235. The molecule has 0 aromatic heterocycles. The Balaban J connectivity index is 1.93. The van der Waals surface area contributed by atoms with Gasteiger partial charge < -0.3 is 14.8 Å². The average Bonchev–Trinajstić information content (AvgIpc) is 2.98. The third kappa shape index (κ3) is 3.14. The van der Waals surface area contributed by atoms with Crippen LogP contribution in [0.1, 0.15) is 29.3 Å². The van der Waals surface area contributed by atoms with E-state index >= 15 is 0 Å². The van der Waals surface area contributed by atoms with E-state index in [0.29, 0.717) is 23.6 Å². The van der Waals surface area contributed by atoms with Gasteiger partial charge in [-0.15, -0.1) is 0 Å². The van der Waals surface area contributed by atoms with E-state index in [-0.39, 0.29) is 17.4 Å². The number of carbonyl (C=O) groups is 1. The van der Waals surface area contributed by atoms with Gasteiger partial charge in [0.15, 0.2) is 23.1 Å². The van der Waals surface area contributed by atoms with Gasteiger partial charge in [0.05, 0.1) is 10.6 Å². The van der Waals surface area contributed by atoms with Gasteiger partial charge >= 0.3 is 0 Å². The molecule has 1 N–H and O–H groups in total. The Morgan fingerprint density at radius 3 is 2.54 bits per heavy atom. The first-order valence-electron chi connectivity index (χ1n) is 7.38. The topological polar surface area (TPSA) is 47.6 Å². The standard InChI is InChI=1S/C17H14ClF2NO3/c1-2-3-9-4-15-16(24-8-23-15)7-14(9)21-17(22)10-5-12(19)13(20)6-11(10)18/h4-7H,2-3,8H2,1H3,(H,21,22). The Bertz CT molecular complexity index is 811. The molecule has 1 aliphatic rings. The van der Waals surface area contributed by atoms with Crippen molar-refractivity contribution in [2.75, 3.05) is 12.1 Å². The van der Waals surface area contributed by atoms with Crippen molar-refractivity contribution in [3.8, 4) is 11.5 Å². The number of hydrogen-bond donors (Lipinski definition) is 1. The first kappa shape index (κ1) is 16.5. The predicted octanol–water partition coefficient (Wildman–Crippen LogP) is 4.55. The van der Waals surface area contributed by atoms with Gasteiger partial charge in [-0.1, -0.05) is 24.9 Å². The van der Waals surface area contributed by atoms with Gasteiger partial charge in [0.2, 0.25) is 6.79 Å². The minimum atomic E-state index is -1.14. The van der Waals surface area contributed by atoms with Crippen LogP contribution in [0.4, 0.5) is 14.5 Å². The zero-order valence-electron chi connectivity index (χ0n) is 12.8. The Kier molecular flexibility index (Phi) is 4.57. The zero-order valence-corrected chi connectivity index (χ0v) is 13.5. The van der Waals surface area contributed by atoms with E-state index in [1.54, 1.807) is 12.1 Å². The molecule has 0 spiro atoms. The van der Waals surface area contributed by atoms with Crippen LogP contribution >= 0.6 is 11.6 Å². The number of nitrogens with one attached hydrogen (secondary N) is 1. The molecule has 0 fully saturated rings. The van der Waals surface area contributed by atoms with Crippen molar-refractivity contribution in [1.82, 2.24) is 0 Å². The summed E-state index contributed by atoms with van der Waals surface area (Å²) in [5.74, 6) is -1.74. The maximum absolute atomic E-state index is 13.4. The van der Waals surface area contributed by atoms with E-state index in [9.17, 15) is 13.6 Å². The molecule has 0 aliphatic carbocycles. The molecule has 0 unspecified atom stereocenters. The van der Waals surface area contributed by atoms with E-state index in [0.717, 1.165) is 24.1 Å². The number of carbonyl (C=O) groups excluding carboxylic acids is 1. The van der Waals surface area contributed by atoms with Gasteiger partial charge in [-0.25, -0.2) is 8.78 Å². The van der Waals surface area contributed by atoms with Crippen LogP contribution in [0.5, 0.6) is 11.5 Å². The lowest BCUT2D eigenvalue weighted by atomic mass is 10.1. The van der Waals surface area contributed by atoms with Crippen molar-refractivity contribution in [2.45, 2.75) is 19.8 Å². The molecule has 0 bridgehead atoms. The minimum Gasteiger partial charge on any atom is -0.454 e. The fourth-order valence-corrected chi connectivity index (χ4v) is 2.70. The van der Waals surface area contributed by atoms with Crippen molar-refractivity contribution < 1.29 is 23.0 Å². The van der Waals surface area contributed by atoms with Crippen LogP contribution in [0.25, 0.3) is 0 Å². The monoisotopic (exact) mass is 353 g/mol. The van der Waals surface area contributed by atoms with E-state index in [1.165, 1.54) is 0 Å². The molecular weight excluding hydrogens is 340 g/mol. The third-order valence-corrected chi connectivity index (χ3v) is 3.93. The summed E-state index contributed by atoms with van der Waals surface area (Å²) in [4.78, 5) is 12.4. The van der Waals surface area contributed by atoms with Crippen molar-refractivity contribution in [3.05, 3.63) is 52.0 Å². The highest BCUT2D eigenvalue weighted by Gasteiger charge is 2.20. The number of ether oxygens (including phenoxy) is 2. The number of hydrogen-bond acceptors (Lipinski definition) is 3. The van der Waals surface area contributed by atoms with E-state index in [1.807, 2.05) is 6.92 Å². The van der Waals surface area contributed by atoms with Crippen LogP contribution in [0, 0.1) is 11.6 Å². The second-order valence-electron chi connectivity index (χ2n) is 5.31. The molecule has 1 amide bonds. The first-order chi connectivity index (χ1) is 11.5. The average molecular weight is 354 g/mol. The van der Waals surface area contributed by atoms with Crippen LogP contribution in [-0.2, 0) is 6.42 Å². The summed E-state index contributed by atoms with van der Waals surface area (Å²) in [5, 5.41) is 2.52. The SMILES string of the molecule is CCCc1cc2c(cc1NC(=O)c1cc(F)c(F)cc1Cl)OCO2. The molecule has 4 nitrogen and oxygen atoms in total. The fourth-order valence-electron chi connectivity index (χ4n) is 2.46. The summed E-state index contributed by atoms with van der Waals surface area (Å²) in [5.41, 5.74) is 1.23.